The number of nitrogens with zero attached hydrogens (tertiary/aromatic N) is 2. The van der Waals surface area contributed by atoms with E-state index in [9.17, 15) is 28.7 Å². The number of halogens is 4. The van der Waals surface area contributed by atoms with Crippen molar-refractivity contribution in [1.82, 2.24) is 4.90 Å². The van der Waals surface area contributed by atoms with Gasteiger partial charge in [0.1, 0.15) is 5.82 Å². The lowest BCUT2D eigenvalue weighted by atomic mass is 9.56. The number of carbonyl (C=O) groups is 4. The third-order valence-corrected chi connectivity index (χ3v) is 10.9. The number of benzene rings is 2. The third-order valence-electron chi connectivity index (χ3n) is 9.17. The zero-order valence-electron chi connectivity index (χ0n) is 23.7. The monoisotopic (exact) mass is 648 g/mol. The van der Waals surface area contributed by atoms with Crippen LogP contribution < -0.4 is 9.64 Å². The Kier molecular flexibility index (Phi) is 6.73. The molecule has 3 fully saturated rings. The van der Waals surface area contributed by atoms with Crippen LogP contribution >= 0.6 is 34.8 Å². The van der Waals surface area contributed by atoms with Crippen molar-refractivity contribution < 1.29 is 33.4 Å². The number of methoxy groups -OCH3 is 1. The Hall–Kier alpha value is -3.14. The normalized spacial score (nSPS) is 32.0. The van der Waals surface area contributed by atoms with E-state index < -0.39 is 56.6 Å². The number of hydrogen-bond donors (Lipinski definition) is 1. The first-order valence-electron chi connectivity index (χ1n) is 13.7. The summed E-state index contributed by atoms with van der Waals surface area (Å²) in [5.74, 6) is -6.63. The van der Waals surface area contributed by atoms with Crippen LogP contribution in [-0.2, 0) is 19.2 Å². The van der Waals surface area contributed by atoms with Crippen LogP contribution in [0.15, 0.2) is 48.0 Å². The maximum atomic E-state index is 14.4. The van der Waals surface area contributed by atoms with Crippen LogP contribution in [0.3, 0.4) is 0 Å². The molecule has 4 amide bonds. The quantitative estimate of drug-likeness (QED) is 0.266. The molecule has 43 heavy (non-hydrogen) atoms. The van der Waals surface area contributed by atoms with Crippen molar-refractivity contribution in [1.29, 1.82) is 0 Å². The van der Waals surface area contributed by atoms with Gasteiger partial charge in [0, 0.05) is 11.5 Å². The highest BCUT2D eigenvalue weighted by atomic mass is 35.5. The number of anilines is 1. The Labute approximate surface area is 262 Å². The number of allylic oxidation sites excluding steroid dienone is 2. The minimum Gasteiger partial charge on any atom is -0.503 e. The summed E-state index contributed by atoms with van der Waals surface area (Å²) in [5, 5.41) is 10.4. The van der Waals surface area contributed by atoms with Crippen LogP contribution in [0, 0.1) is 23.6 Å². The minimum absolute atomic E-state index is 0.00228. The largest absolute Gasteiger partial charge is 0.503 e. The van der Waals surface area contributed by atoms with E-state index in [1.807, 2.05) is 0 Å². The summed E-state index contributed by atoms with van der Waals surface area (Å²) in [6.07, 6.45) is 1.81. The SMILES string of the molecule is COc1cc([C@H]2C3=CC[C@@H]4C(=O)N(C(C)(C)C)C(=O)[C@@H]4[C@@H]3C[C@@]3(Cl)C(=O)N(c4ccc(F)cc4)C(=O)[C@@]23Cl)cc(Cl)c1O. The van der Waals surface area contributed by atoms with Gasteiger partial charge in [0.25, 0.3) is 11.8 Å². The van der Waals surface area contributed by atoms with E-state index in [0.717, 1.165) is 17.0 Å². The molecule has 0 radical (unpaired) electrons. The van der Waals surface area contributed by atoms with Crippen molar-refractivity contribution in [2.75, 3.05) is 12.0 Å². The number of carbonyl (C=O) groups excluding carboxylic acids is 4. The summed E-state index contributed by atoms with van der Waals surface area (Å²) in [6, 6.07) is 7.66. The molecule has 2 heterocycles. The molecule has 2 aromatic rings. The molecular weight excluding hydrogens is 622 g/mol. The maximum absolute atomic E-state index is 14.4. The van der Waals surface area contributed by atoms with Crippen LogP contribution in [0.25, 0.3) is 0 Å². The smallest absolute Gasteiger partial charge is 0.258 e. The van der Waals surface area contributed by atoms with E-state index in [1.165, 1.54) is 36.3 Å². The predicted octanol–water partition coefficient (Wildman–Crippen LogP) is 5.56. The highest BCUT2D eigenvalue weighted by Gasteiger charge is 2.76. The summed E-state index contributed by atoms with van der Waals surface area (Å²) < 4.78 is 19.1. The van der Waals surface area contributed by atoms with Gasteiger partial charge in [0.15, 0.2) is 21.2 Å². The van der Waals surface area contributed by atoms with Gasteiger partial charge in [-0.1, -0.05) is 23.3 Å². The van der Waals surface area contributed by atoms with Crippen LogP contribution in [0.1, 0.15) is 45.1 Å². The summed E-state index contributed by atoms with van der Waals surface area (Å²) in [4.78, 5) is 54.0. The van der Waals surface area contributed by atoms with Gasteiger partial charge in [-0.2, -0.15) is 0 Å². The van der Waals surface area contributed by atoms with Crippen LogP contribution in [0.4, 0.5) is 10.1 Å². The highest BCUT2D eigenvalue weighted by Crippen LogP contribution is 2.66. The molecule has 6 rings (SSSR count). The van der Waals surface area contributed by atoms with Gasteiger partial charge in [0.05, 0.1) is 29.7 Å². The van der Waals surface area contributed by atoms with E-state index in [4.69, 9.17) is 39.5 Å². The number of alkyl halides is 2. The number of phenols is 1. The van der Waals surface area contributed by atoms with Crippen molar-refractivity contribution in [2.24, 2.45) is 17.8 Å². The van der Waals surface area contributed by atoms with E-state index in [2.05, 4.69) is 0 Å². The minimum atomic E-state index is -2.13. The van der Waals surface area contributed by atoms with Crippen molar-refractivity contribution in [3.05, 3.63) is 64.5 Å². The molecule has 2 aliphatic heterocycles. The fourth-order valence-electron chi connectivity index (χ4n) is 7.35. The first-order chi connectivity index (χ1) is 20.1. The van der Waals surface area contributed by atoms with E-state index >= 15 is 0 Å². The number of hydrogen-bond acceptors (Lipinski definition) is 6. The summed E-state index contributed by atoms with van der Waals surface area (Å²) in [5.41, 5.74) is 0.174. The van der Waals surface area contributed by atoms with Crippen LogP contribution in [0.2, 0.25) is 5.02 Å². The number of ether oxygens (including phenoxy) is 1. The maximum Gasteiger partial charge on any atom is 0.258 e. The lowest BCUT2D eigenvalue weighted by Gasteiger charge is -2.50. The predicted molar refractivity (Wildman–Crippen MR) is 158 cm³/mol. The third kappa shape index (κ3) is 3.93. The van der Waals surface area contributed by atoms with E-state index in [-0.39, 0.29) is 46.9 Å². The molecule has 0 bridgehead atoms. The molecular formula is C31H28Cl3FN2O6. The zero-order valence-corrected chi connectivity index (χ0v) is 25.9. The molecule has 0 spiro atoms. The standard InChI is InChI=1S/C31H28Cl3FN2O6/c1-29(2,3)37-25(39)18-10-9-17-19(22(18)26(37)40)13-30(33)27(41)36(16-7-5-15(35)6-8-16)28(42)31(30,34)23(17)14-11-20(32)24(38)21(12-14)43-4/h5-9,11-12,18-19,22-23,38H,10,13H2,1-4H3/t18-,19+,22-,23-,30+,31-/m0/s1. The van der Waals surface area contributed by atoms with Crippen LogP contribution in [-0.4, -0.2) is 56.0 Å². The molecule has 2 aliphatic carbocycles. The molecule has 6 atom stereocenters. The lowest BCUT2D eigenvalue weighted by molar-refractivity contribution is -0.145. The molecule has 4 aliphatic rings. The second-order valence-electron chi connectivity index (χ2n) is 12.5. The molecule has 2 aromatic carbocycles. The Morgan fingerprint density at radius 1 is 1.00 bits per heavy atom. The average Bonchev–Trinajstić information content (AvgIpc) is 3.29. The van der Waals surface area contributed by atoms with Gasteiger partial charge in [0.2, 0.25) is 11.8 Å². The molecule has 0 aromatic heterocycles. The molecule has 1 N–H and O–H groups in total. The highest BCUT2D eigenvalue weighted by molar-refractivity contribution is 6.58. The molecule has 12 heteroatoms. The van der Waals surface area contributed by atoms with Crippen molar-refractivity contribution in [3.63, 3.8) is 0 Å². The number of fused-ring (bicyclic) bond motifs is 4. The summed E-state index contributed by atoms with van der Waals surface area (Å²) >= 11 is 21.1. The summed E-state index contributed by atoms with van der Waals surface area (Å²) in [7, 11) is 1.33. The zero-order chi connectivity index (χ0) is 31.4. The second kappa shape index (κ2) is 9.68. The Morgan fingerprint density at radius 3 is 2.26 bits per heavy atom. The van der Waals surface area contributed by atoms with Gasteiger partial charge in [-0.05, 0) is 81.5 Å². The molecule has 0 unspecified atom stereocenters. The molecule has 226 valence electrons. The number of imide groups is 2. The van der Waals surface area contributed by atoms with E-state index in [0.29, 0.717) is 11.1 Å². The Balaban J connectivity index is 1.59. The van der Waals surface area contributed by atoms with Crippen molar-refractivity contribution >= 4 is 64.1 Å². The number of amides is 4. The molecule has 2 saturated heterocycles. The number of phenolic OH excluding ortho intramolecular Hbond substituents is 1. The Bertz CT molecular complexity index is 1640. The topological polar surface area (TPSA) is 104 Å². The molecule has 1 saturated carbocycles. The van der Waals surface area contributed by atoms with Gasteiger partial charge < -0.3 is 9.84 Å². The lowest BCUT2D eigenvalue weighted by Crippen LogP contribution is -2.60. The van der Waals surface area contributed by atoms with Crippen molar-refractivity contribution in [2.45, 2.75) is 54.8 Å². The first kappa shape index (κ1) is 29.9. The fourth-order valence-corrected chi connectivity index (χ4v) is 8.50. The van der Waals surface area contributed by atoms with Gasteiger partial charge in [-0.15, -0.1) is 23.2 Å². The Morgan fingerprint density at radius 2 is 1.65 bits per heavy atom. The first-order valence-corrected chi connectivity index (χ1v) is 14.9. The fraction of sp³-hybridized carbons (Fsp3) is 0.419. The van der Waals surface area contributed by atoms with Gasteiger partial charge >= 0.3 is 0 Å². The average molecular weight is 650 g/mol. The van der Waals surface area contributed by atoms with Gasteiger partial charge in [-0.3, -0.25) is 24.1 Å². The molecule has 8 nitrogen and oxygen atoms in total. The summed E-state index contributed by atoms with van der Waals surface area (Å²) in [6.45, 7) is 5.32. The number of aromatic hydroxyl groups is 1. The van der Waals surface area contributed by atoms with Crippen molar-refractivity contribution in [3.8, 4) is 11.5 Å². The van der Waals surface area contributed by atoms with Gasteiger partial charge in [-0.25, -0.2) is 9.29 Å². The number of rotatable bonds is 3. The second-order valence-corrected chi connectivity index (χ2v) is 14.1. The van der Waals surface area contributed by atoms with E-state index in [1.54, 1.807) is 26.8 Å². The number of likely N-dealkylation sites (tertiary alicyclic amines) is 1. The van der Waals surface area contributed by atoms with Crippen LogP contribution in [0.5, 0.6) is 11.5 Å².